The smallest absolute Gasteiger partial charge is 0.147 e. The number of rotatable bonds is 4. The summed E-state index contributed by atoms with van der Waals surface area (Å²) in [7, 11) is 0. The molecule has 9 rings (SSSR count). The first kappa shape index (κ1) is 28.5. The fourth-order valence-electron chi connectivity index (χ4n) is 6.29. The zero-order chi connectivity index (χ0) is 32.2. The number of aromatic amines is 2. The van der Waals surface area contributed by atoms with Crippen molar-refractivity contribution in [2.45, 2.75) is 9.79 Å². The minimum atomic E-state index is 0.748. The molecule has 7 heterocycles. The Morgan fingerprint density at radius 3 is 1.27 bits per heavy atom. The Morgan fingerprint density at radius 1 is 0.458 bits per heavy atom. The zero-order valence-corrected chi connectivity index (χ0v) is 27.1. The summed E-state index contributed by atoms with van der Waals surface area (Å²) < 4.78 is 11.3. The molecule has 0 saturated heterocycles. The van der Waals surface area contributed by atoms with E-state index in [0.717, 1.165) is 99.5 Å². The van der Waals surface area contributed by atoms with Crippen LogP contribution >= 0.6 is 25.3 Å². The maximum Gasteiger partial charge on any atom is 0.147 e. The normalized spacial score (nSPS) is 12.2. The van der Waals surface area contributed by atoms with Crippen molar-refractivity contribution < 1.29 is 8.83 Å². The van der Waals surface area contributed by atoms with E-state index >= 15 is 0 Å². The number of fused-ring (bicyclic) bond motifs is 8. The zero-order valence-electron chi connectivity index (χ0n) is 25.3. The molecule has 6 nitrogen and oxygen atoms in total. The number of furan rings is 2. The number of benzene rings is 2. The van der Waals surface area contributed by atoms with Crippen LogP contribution in [0, 0.1) is 0 Å². The Kier molecular flexibility index (Phi) is 6.85. The van der Waals surface area contributed by atoms with Crippen molar-refractivity contribution in [3.8, 4) is 44.9 Å². The predicted molar refractivity (Wildman–Crippen MR) is 200 cm³/mol. The Hall–Kier alpha value is -5.70. The van der Waals surface area contributed by atoms with Crippen molar-refractivity contribution in [1.82, 2.24) is 19.9 Å². The number of nitrogens with zero attached hydrogens (tertiary/aromatic N) is 2. The van der Waals surface area contributed by atoms with Gasteiger partial charge in [-0.2, -0.15) is 0 Å². The standard InChI is InChI=1S/C40H26N4O2S2/c47-35-17-19-45-39(35)25-5-1-23(2-6-25)37-31-13-9-27(41-31)21-29-11-15-33(43-29)38(24-3-7-26(8-4-24)40-36(48)18-20-46-40)34-16-12-30(44-34)22-28-10-14-32(37)42-28/h1-22,41,44,47-48H. The summed E-state index contributed by atoms with van der Waals surface area (Å²) in [6.45, 7) is 0. The third kappa shape index (κ3) is 5.12. The van der Waals surface area contributed by atoms with E-state index in [0.29, 0.717) is 0 Å². The minimum absolute atomic E-state index is 0.748. The Balaban J connectivity index is 1.23. The van der Waals surface area contributed by atoms with Gasteiger partial charge in [-0.3, -0.25) is 0 Å². The van der Waals surface area contributed by atoms with Gasteiger partial charge in [0.15, 0.2) is 0 Å². The van der Waals surface area contributed by atoms with Crippen LogP contribution in [0.15, 0.2) is 128 Å². The molecule has 0 radical (unpaired) electrons. The number of thiol groups is 2. The van der Waals surface area contributed by atoms with Gasteiger partial charge in [-0.05, 0) is 84.0 Å². The Labute approximate surface area is 286 Å². The topological polar surface area (TPSA) is 83.6 Å². The molecule has 0 spiro atoms. The summed E-state index contributed by atoms with van der Waals surface area (Å²) in [4.78, 5) is 19.0. The first-order valence-electron chi connectivity index (χ1n) is 15.4. The van der Waals surface area contributed by atoms with Gasteiger partial charge in [0, 0.05) is 44.3 Å². The average Bonchev–Trinajstić information content (AvgIpc) is 3.95. The van der Waals surface area contributed by atoms with Gasteiger partial charge in [-0.25, -0.2) is 9.97 Å². The number of hydrogen-bond donors (Lipinski definition) is 4. The van der Waals surface area contributed by atoms with Gasteiger partial charge in [-0.1, -0.05) is 48.5 Å². The Morgan fingerprint density at radius 2 is 0.875 bits per heavy atom. The van der Waals surface area contributed by atoms with Crippen LogP contribution in [-0.2, 0) is 0 Å². The van der Waals surface area contributed by atoms with Crippen LogP contribution < -0.4 is 0 Å². The lowest BCUT2D eigenvalue weighted by atomic mass is 10.0. The highest BCUT2D eigenvalue weighted by molar-refractivity contribution is 7.80. The van der Waals surface area contributed by atoms with E-state index in [1.807, 2.05) is 24.3 Å². The molecule has 5 aromatic heterocycles. The minimum Gasteiger partial charge on any atom is -0.463 e. The van der Waals surface area contributed by atoms with Gasteiger partial charge in [0.1, 0.15) is 11.5 Å². The van der Waals surface area contributed by atoms with Crippen molar-refractivity contribution >= 4 is 71.6 Å². The van der Waals surface area contributed by atoms with Gasteiger partial charge in [0.05, 0.1) is 45.1 Å². The molecule has 8 heteroatoms. The van der Waals surface area contributed by atoms with Gasteiger partial charge >= 0.3 is 0 Å². The van der Waals surface area contributed by atoms with Crippen LogP contribution in [0.2, 0.25) is 0 Å². The summed E-state index contributed by atoms with van der Waals surface area (Å²) >= 11 is 9.07. The second kappa shape index (κ2) is 11.5. The third-order valence-electron chi connectivity index (χ3n) is 8.56. The molecule has 2 aliphatic heterocycles. The lowest BCUT2D eigenvalue weighted by Gasteiger charge is -2.06. The van der Waals surface area contributed by atoms with Crippen LogP contribution in [0.25, 0.3) is 91.3 Å². The first-order valence-corrected chi connectivity index (χ1v) is 16.3. The van der Waals surface area contributed by atoms with E-state index in [1.54, 1.807) is 12.5 Å². The van der Waals surface area contributed by atoms with Crippen LogP contribution in [0.4, 0.5) is 0 Å². The van der Waals surface area contributed by atoms with Crippen molar-refractivity contribution in [2.24, 2.45) is 0 Å². The van der Waals surface area contributed by atoms with E-state index in [4.69, 9.17) is 18.8 Å². The second-order valence-corrected chi connectivity index (χ2v) is 12.6. The van der Waals surface area contributed by atoms with E-state index in [-0.39, 0.29) is 0 Å². The number of H-pyrrole nitrogens is 2. The van der Waals surface area contributed by atoms with Crippen molar-refractivity contribution in [1.29, 1.82) is 0 Å². The van der Waals surface area contributed by atoms with Gasteiger partial charge in [0.2, 0.25) is 0 Å². The molecule has 0 amide bonds. The molecule has 7 aromatic rings. The summed E-state index contributed by atoms with van der Waals surface area (Å²) in [5.74, 6) is 1.50. The largest absolute Gasteiger partial charge is 0.463 e. The molecule has 0 aliphatic carbocycles. The van der Waals surface area contributed by atoms with Crippen molar-refractivity contribution in [2.75, 3.05) is 0 Å². The molecule has 8 bridgehead atoms. The van der Waals surface area contributed by atoms with Crippen LogP contribution in [0.5, 0.6) is 0 Å². The molecule has 2 aliphatic rings. The number of hydrogen-bond acceptors (Lipinski definition) is 6. The average molecular weight is 659 g/mol. The van der Waals surface area contributed by atoms with Crippen LogP contribution in [0.1, 0.15) is 22.8 Å². The Bertz CT molecular complexity index is 2400. The maximum atomic E-state index is 5.67. The first-order chi connectivity index (χ1) is 23.6. The predicted octanol–water partition coefficient (Wildman–Crippen LogP) is 11.1. The molecular weight excluding hydrogens is 633 g/mol. The summed E-state index contributed by atoms with van der Waals surface area (Å²) in [5.41, 5.74) is 13.2. The molecule has 0 fully saturated rings. The van der Waals surface area contributed by atoms with Crippen LogP contribution in [-0.4, -0.2) is 19.9 Å². The third-order valence-corrected chi connectivity index (χ3v) is 9.26. The molecule has 0 atom stereocenters. The van der Waals surface area contributed by atoms with Gasteiger partial charge in [0.25, 0.3) is 0 Å². The van der Waals surface area contributed by atoms with E-state index < -0.39 is 0 Å². The molecule has 230 valence electrons. The second-order valence-electron chi connectivity index (χ2n) is 11.6. The summed E-state index contributed by atoms with van der Waals surface area (Å²) in [6.07, 6.45) is 11.5. The fourth-order valence-corrected chi connectivity index (χ4v) is 6.78. The highest BCUT2D eigenvalue weighted by atomic mass is 32.1. The lowest BCUT2D eigenvalue weighted by Crippen LogP contribution is -1.87. The van der Waals surface area contributed by atoms with E-state index in [9.17, 15) is 0 Å². The van der Waals surface area contributed by atoms with E-state index in [1.165, 1.54) is 0 Å². The van der Waals surface area contributed by atoms with Crippen molar-refractivity contribution in [3.05, 3.63) is 132 Å². The fraction of sp³-hybridized carbons (Fsp3) is 0. The molecule has 2 aromatic carbocycles. The van der Waals surface area contributed by atoms with Gasteiger partial charge in [-0.15, -0.1) is 25.3 Å². The molecular formula is C40H26N4O2S2. The highest BCUT2D eigenvalue weighted by Crippen LogP contribution is 2.36. The quantitative estimate of drug-likeness (QED) is 0.142. The lowest BCUT2D eigenvalue weighted by molar-refractivity contribution is 0.578. The molecule has 0 saturated carbocycles. The van der Waals surface area contributed by atoms with Crippen LogP contribution in [0.3, 0.4) is 0 Å². The molecule has 0 unspecified atom stereocenters. The van der Waals surface area contributed by atoms with Crippen molar-refractivity contribution in [3.63, 3.8) is 0 Å². The maximum absolute atomic E-state index is 5.67. The number of nitrogens with one attached hydrogen (secondary N) is 2. The molecule has 48 heavy (non-hydrogen) atoms. The molecule has 2 N–H and O–H groups in total. The summed E-state index contributed by atoms with van der Waals surface area (Å²) in [5, 5.41) is 0. The highest BCUT2D eigenvalue weighted by Gasteiger charge is 2.15. The monoisotopic (exact) mass is 658 g/mol. The summed E-state index contributed by atoms with van der Waals surface area (Å²) in [6, 6.07) is 32.8. The van der Waals surface area contributed by atoms with E-state index in [2.05, 4.69) is 132 Å². The number of aromatic nitrogens is 4. The van der Waals surface area contributed by atoms with Gasteiger partial charge < -0.3 is 18.8 Å². The SMILES string of the molecule is Sc1ccoc1-c1ccc(-c2c3nc(cc4ccc([nH]4)c(-c4ccc(-c5occc5S)cc4)c4nc(cc5ccc2[nH]5)C=C4)C=C3)cc1.